The van der Waals surface area contributed by atoms with Crippen LogP contribution in [0.5, 0.6) is 11.6 Å². The van der Waals surface area contributed by atoms with Crippen molar-refractivity contribution in [1.29, 1.82) is 0 Å². The Morgan fingerprint density at radius 3 is 2.84 bits per heavy atom. The van der Waals surface area contributed by atoms with Gasteiger partial charge in [-0.2, -0.15) is 0 Å². The number of likely N-dealkylation sites (tertiary alicyclic amines) is 1. The Hall–Kier alpha value is -3.15. The Kier molecular flexibility index (Phi) is 4.16. The van der Waals surface area contributed by atoms with Gasteiger partial charge in [-0.25, -0.2) is 4.98 Å². The first-order valence-electron chi connectivity index (χ1n) is 8.11. The molecular formula is C19H17N3O3. The second-order valence-electron chi connectivity index (χ2n) is 5.86. The lowest BCUT2D eigenvalue weighted by atomic mass is 10.1. The molecule has 1 aliphatic rings. The van der Waals surface area contributed by atoms with Crippen LogP contribution < -0.4 is 9.47 Å². The van der Waals surface area contributed by atoms with Crippen LogP contribution in [-0.4, -0.2) is 46.6 Å². The van der Waals surface area contributed by atoms with Gasteiger partial charge in [0.2, 0.25) is 5.88 Å². The third-order valence-electron chi connectivity index (χ3n) is 4.06. The van der Waals surface area contributed by atoms with E-state index < -0.39 is 0 Å². The quantitative estimate of drug-likeness (QED) is 0.716. The van der Waals surface area contributed by atoms with Gasteiger partial charge >= 0.3 is 0 Å². The Morgan fingerprint density at radius 1 is 1.12 bits per heavy atom. The third-order valence-corrected chi connectivity index (χ3v) is 4.06. The fourth-order valence-corrected chi connectivity index (χ4v) is 2.67. The Bertz CT molecular complexity index is 879. The van der Waals surface area contributed by atoms with Crippen LogP contribution in [0, 0.1) is 0 Å². The fraction of sp³-hybridized carbons (Fsp3) is 0.211. The first-order valence-corrected chi connectivity index (χ1v) is 8.11. The van der Waals surface area contributed by atoms with E-state index in [1.54, 1.807) is 29.4 Å². The van der Waals surface area contributed by atoms with Gasteiger partial charge in [0.1, 0.15) is 11.9 Å². The van der Waals surface area contributed by atoms with Gasteiger partial charge in [0.05, 0.1) is 24.8 Å². The summed E-state index contributed by atoms with van der Waals surface area (Å²) in [7, 11) is 0. The number of amides is 1. The average molecular weight is 335 g/mol. The number of hydrogen-bond donors (Lipinski definition) is 0. The molecule has 126 valence electrons. The van der Waals surface area contributed by atoms with Crippen LogP contribution in [0.3, 0.4) is 0 Å². The number of carbonyl (C=O) groups excluding carboxylic acids is 1. The summed E-state index contributed by atoms with van der Waals surface area (Å²) in [6, 6.07) is 15.3. The highest BCUT2D eigenvalue weighted by Crippen LogP contribution is 2.20. The first-order chi connectivity index (χ1) is 12.3. The van der Waals surface area contributed by atoms with Crippen LogP contribution in [0.15, 0.2) is 60.9 Å². The van der Waals surface area contributed by atoms with E-state index in [2.05, 4.69) is 9.97 Å². The fourth-order valence-electron chi connectivity index (χ4n) is 2.67. The number of nitrogens with zero attached hydrogens (tertiary/aromatic N) is 3. The predicted octanol–water partition coefficient (Wildman–Crippen LogP) is 2.30. The molecule has 0 unspecified atom stereocenters. The second-order valence-corrected chi connectivity index (χ2v) is 5.86. The molecule has 0 atom stereocenters. The Balaban J connectivity index is 1.27. The third kappa shape index (κ3) is 3.52. The number of fused-ring (bicyclic) bond motifs is 1. The summed E-state index contributed by atoms with van der Waals surface area (Å²) in [6.45, 7) is 1.10. The van der Waals surface area contributed by atoms with Gasteiger partial charge < -0.3 is 14.4 Å². The van der Waals surface area contributed by atoms with Crippen LogP contribution in [0.1, 0.15) is 0 Å². The molecule has 0 aliphatic carbocycles. The van der Waals surface area contributed by atoms with Gasteiger partial charge in [-0.05, 0) is 24.3 Å². The lowest BCUT2D eigenvalue weighted by Gasteiger charge is -2.38. The number of para-hydroxylation sites is 1. The van der Waals surface area contributed by atoms with Crippen molar-refractivity contribution < 1.29 is 14.3 Å². The summed E-state index contributed by atoms with van der Waals surface area (Å²) in [5, 5.41) is 1.08. The summed E-state index contributed by atoms with van der Waals surface area (Å²) in [4.78, 5) is 22.2. The van der Waals surface area contributed by atoms with Crippen LogP contribution >= 0.6 is 0 Å². The normalized spacial score (nSPS) is 14.2. The molecule has 3 heterocycles. The van der Waals surface area contributed by atoms with Gasteiger partial charge in [-0.1, -0.05) is 18.2 Å². The number of ether oxygens (including phenoxy) is 2. The van der Waals surface area contributed by atoms with Crippen LogP contribution in [0.4, 0.5) is 0 Å². The van der Waals surface area contributed by atoms with E-state index in [0.29, 0.717) is 24.7 Å². The number of hydrogen-bond acceptors (Lipinski definition) is 5. The molecule has 1 aliphatic heterocycles. The monoisotopic (exact) mass is 335 g/mol. The zero-order valence-corrected chi connectivity index (χ0v) is 13.5. The maximum atomic E-state index is 12.1. The average Bonchev–Trinajstić information content (AvgIpc) is 2.63. The summed E-state index contributed by atoms with van der Waals surface area (Å²) in [5.41, 5.74) is 0.900. The predicted molar refractivity (Wildman–Crippen MR) is 92.5 cm³/mol. The summed E-state index contributed by atoms with van der Waals surface area (Å²) in [6.07, 6.45) is 3.21. The largest absolute Gasteiger partial charge is 0.482 e. The topological polar surface area (TPSA) is 64.5 Å². The van der Waals surface area contributed by atoms with E-state index in [-0.39, 0.29) is 18.6 Å². The van der Waals surface area contributed by atoms with E-state index in [9.17, 15) is 4.79 Å². The van der Waals surface area contributed by atoms with E-state index in [0.717, 1.165) is 10.9 Å². The zero-order valence-electron chi connectivity index (χ0n) is 13.5. The standard InChI is InChI=1S/C19H17N3O3/c23-19(13-24-15-5-3-9-20-10-15)22-11-16(12-22)25-18-8-7-14-4-1-2-6-17(14)21-18/h1-10,16H,11-13H2. The minimum Gasteiger partial charge on any atom is -0.482 e. The van der Waals surface area contributed by atoms with Crippen molar-refractivity contribution in [2.24, 2.45) is 0 Å². The minimum absolute atomic E-state index is 0.00659. The molecule has 1 aromatic carbocycles. The molecule has 6 nitrogen and oxygen atoms in total. The van der Waals surface area contributed by atoms with Gasteiger partial charge in [0, 0.05) is 17.6 Å². The number of benzene rings is 1. The molecule has 1 fully saturated rings. The lowest BCUT2D eigenvalue weighted by molar-refractivity contribution is -0.142. The molecule has 1 saturated heterocycles. The molecule has 0 bridgehead atoms. The van der Waals surface area contributed by atoms with Crippen molar-refractivity contribution in [3.63, 3.8) is 0 Å². The summed E-state index contributed by atoms with van der Waals surface area (Å²) >= 11 is 0. The smallest absolute Gasteiger partial charge is 0.260 e. The van der Waals surface area contributed by atoms with Crippen molar-refractivity contribution in [1.82, 2.24) is 14.9 Å². The van der Waals surface area contributed by atoms with Crippen LogP contribution in [-0.2, 0) is 4.79 Å². The molecule has 6 heteroatoms. The van der Waals surface area contributed by atoms with Gasteiger partial charge in [0.15, 0.2) is 6.61 Å². The highest BCUT2D eigenvalue weighted by molar-refractivity contribution is 5.79. The van der Waals surface area contributed by atoms with E-state index in [1.165, 1.54) is 0 Å². The summed E-state index contributed by atoms with van der Waals surface area (Å²) < 4.78 is 11.3. The Morgan fingerprint density at radius 2 is 2.00 bits per heavy atom. The van der Waals surface area contributed by atoms with Crippen LogP contribution in [0.2, 0.25) is 0 Å². The van der Waals surface area contributed by atoms with Crippen molar-refractivity contribution in [2.75, 3.05) is 19.7 Å². The number of pyridine rings is 2. The second kappa shape index (κ2) is 6.76. The van der Waals surface area contributed by atoms with Crippen molar-refractivity contribution in [3.8, 4) is 11.6 Å². The number of rotatable bonds is 5. The number of carbonyl (C=O) groups is 1. The highest BCUT2D eigenvalue weighted by Gasteiger charge is 2.32. The van der Waals surface area contributed by atoms with Gasteiger partial charge in [-0.3, -0.25) is 9.78 Å². The van der Waals surface area contributed by atoms with E-state index in [1.807, 2.05) is 36.4 Å². The molecule has 3 aromatic rings. The molecule has 1 amide bonds. The maximum absolute atomic E-state index is 12.1. The molecule has 0 N–H and O–H groups in total. The highest BCUT2D eigenvalue weighted by atomic mass is 16.5. The zero-order chi connectivity index (χ0) is 17.1. The van der Waals surface area contributed by atoms with Crippen LogP contribution in [0.25, 0.3) is 10.9 Å². The van der Waals surface area contributed by atoms with E-state index >= 15 is 0 Å². The molecule has 0 radical (unpaired) electrons. The van der Waals surface area contributed by atoms with Crippen molar-refractivity contribution in [2.45, 2.75) is 6.10 Å². The molecule has 25 heavy (non-hydrogen) atoms. The SMILES string of the molecule is O=C(COc1cccnc1)N1CC(Oc2ccc3ccccc3n2)C1. The lowest BCUT2D eigenvalue weighted by Crippen LogP contribution is -2.57. The minimum atomic E-state index is -0.0600. The van der Waals surface area contributed by atoms with Gasteiger partial charge in [-0.15, -0.1) is 0 Å². The first kappa shape index (κ1) is 15.4. The van der Waals surface area contributed by atoms with E-state index in [4.69, 9.17) is 9.47 Å². The molecule has 2 aromatic heterocycles. The summed E-state index contributed by atoms with van der Waals surface area (Å²) in [5.74, 6) is 1.11. The van der Waals surface area contributed by atoms with Crippen molar-refractivity contribution >= 4 is 16.8 Å². The van der Waals surface area contributed by atoms with Gasteiger partial charge in [0.25, 0.3) is 5.91 Å². The molecule has 4 rings (SSSR count). The van der Waals surface area contributed by atoms with Crippen molar-refractivity contribution in [3.05, 3.63) is 60.9 Å². The number of aromatic nitrogens is 2. The Labute approximate surface area is 145 Å². The molecule has 0 spiro atoms. The molecule has 0 saturated carbocycles. The molecular weight excluding hydrogens is 318 g/mol. The maximum Gasteiger partial charge on any atom is 0.260 e.